The summed E-state index contributed by atoms with van der Waals surface area (Å²) in [7, 11) is -3.15. The second-order valence-electron chi connectivity index (χ2n) is 5.81. The van der Waals surface area contributed by atoms with Crippen LogP contribution in [0, 0.1) is 0 Å². The smallest absolute Gasteiger partial charge is 0.258 e. The molecule has 0 saturated carbocycles. The van der Waals surface area contributed by atoms with Gasteiger partial charge in [0.1, 0.15) is 0 Å². The summed E-state index contributed by atoms with van der Waals surface area (Å²) in [5.41, 5.74) is 0. The molecule has 1 heterocycles. The van der Waals surface area contributed by atoms with Gasteiger partial charge in [0.25, 0.3) is 5.91 Å². The first-order valence-corrected chi connectivity index (χ1v) is 10.2. The van der Waals surface area contributed by atoms with E-state index in [-0.39, 0.29) is 24.3 Å². The van der Waals surface area contributed by atoms with Gasteiger partial charge in [0, 0.05) is 19.1 Å². The highest BCUT2D eigenvalue weighted by Gasteiger charge is 2.27. The van der Waals surface area contributed by atoms with Crippen molar-refractivity contribution in [3.8, 4) is 11.5 Å². The zero-order valence-corrected chi connectivity index (χ0v) is 15.5. The lowest BCUT2D eigenvalue weighted by Crippen LogP contribution is -2.47. The summed E-state index contributed by atoms with van der Waals surface area (Å²) in [6.07, 6.45) is 1.22. The van der Waals surface area contributed by atoms with E-state index in [0.29, 0.717) is 44.0 Å². The lowest BCUT2D eigenvalue weighted by molar-refractivity contribution is -0.124. The molecule has 0 atom stereocenters. The van der Waals surface area contributed by atoms with Gasteiger partial charge < -0.3 is 14.8 Å². The maximum Gasteiger partial charge on any atom is 0.258 e. The predicted octanol–water partition coefficient (Wildman–Crippen LogP) is 1.39. The van der Waals surface area contributed by atoms with Crippen molar-refractivity contribution >= 4 is 15.9 Å². The second kappa shape index (κ2) is 9.05. The Morgan fingerprint density at radius 3 is 2.32 bits per heavy atom. The Morgan fingerprint density at radius 2 is 1.76 bits per heavy atom. The van der Waals surface area contributed by atoms with E-state index in [9.17, 15) is 13.2 Å². The van der Waals surface area contributed by atoms with E-state index < -0.39 is 10.0 Å². The third kappa shape index (κ3) is 5.61. The summed E-state index contributed by atoms with van der Waals surface area (Å²) < 4.78 is 36.2. The number of nitrogens with zero attached hydrogens (tertiary/aromatic N) is 1. The number of rotatable bonds is 8. The van der Waals surface area contributed by atoms with Crippen LogP contribution in [-0.4, -0.2) is 56.7 Å². The maximum absolute atomic E-state index is 12.1. The lowest BCUT2D eigenvalue weighted by Gasteiger charge is -2.31. The van der Waals surface area contributed by atoms with E-state index >= 15 is 0 Å². The molecule has 7 nitrogen and oxygen atoms in total. The van der Waals surface area contributed by atoms with Crippen molar-refractivity contribution < 1.29 is 22.7 Å². The molecule has 1 N–H and O–H groups in total. The van der Waals surface area contributed by atoms with Gasteiger partial charge in [-0.25, -0.2) is 12.7 Å². The van der Waals surface area contributed by atoms with Crippen LogP contribution in [0.15, 0.2) is 24.3 Å². The van der Waals surface area contributed by atoms with E-state index in [1.807, 2.05) is 19.1 Å². The number of amides is 1. The molecule has 25 heavy (non-hydrogen) atoms. The van der Waals surface area contributed by atoms with E-state index in [4.69, 9.17) is 9.47 Å². The van der Waals surface area contributed by atoms with Gasteiger partial charge in [-0.05, 0) is 38.8 Å². The van der Waals surface area contributed by atoms with Crippen LogP contribution in [-0.2, 0) is 14.8 Å². The fraction of sp³-hybridized carbons (Fsp3) is 0.588. The van der Waals surface area contributed by atoms with Crippen LogP contribution in [0.25, 0.3) is 0 Å². The Morgan fingerprint density at radius 1 is 1.16 bits per heavy atom. The van der Waals surface area contributed by atoms with E-state index in [0.717, 1.165) is 0 Å². The average molecular weight is 370 g/mol. The lowest BCUT2D eigenvalue weighted by atomic mass is 10.1. The molecule has 2 rings (SSSR count). The Labute approximate surface area is 149 Å². The number of carbonyl (C=O) groups is 1. The number of hydrogen-bond acceptors (Lipinski definition) is 5. The molecule has 0 spiro atoms. The molecule has 0 radical (unpaired) electrons. The topological polar surface area (TPSA) is 84.9 Å². The zero-order valence-electron chi connectivity index (χ0n) is 14.7. The number of hydrogen-bond donors (Lipinski definition) is 1. The SMILES string of the molecule is CCOc1ccccc1OCC(=O)NC1CCN(S(=O)(=O)CC)CC1. The molecule has 1 aromatic rings. The fourth-order valence-electron chi connectivity index (χ4n) is 2.72. The average Bonchev–Trinajstić information content (AvgIpc) is 2.62. The molecular formula is C17H26N2O5S. The number of benzene rings is 1. The van der Waals surface area contributed by atoms with Crippen molar-refractivity contribution in [2.24, 2.45) is 0 Å². The summed E-state index contributed by atoms with van der Waals surface area (Å²) in [6.45, 7) is 4.82. The molecule has 0 aliphatic carbocycles. The summed E-state index contributed by atoms with van der Waals surface area (Å²) in [5, 5.41) is 2.90. The Bertz CT molecular complexity index is 669. The second-order valence-corrected chi connectivity index (χ2v) is 8.07. The quantitative estimate of drug-likeness (QED) is 0.748. The van der Waals surface area contributed by atoms with Crippen molar-refractivity contribution in [3.05, 3.63) is 24.3 Å². The number of nitrogens with one attached hydrogen (secondary N) is 1. The highest BCUT2D eigenvalue weighted by Crippen LogP contribution is 2.26. The third-order valence-electron chi connectivity index (χ3n) is 4.08. The first-order valence-electron chi connectivity index (χ1n) is 8.58. The number of carbonyl (C=O) groups excluding carboxylic acids is 1. The number of piperidine rings is 1. The first-order chi connectivity index (χ1) is 12.0. The number of sulfonamides is 1. The molecule has 1 aliphatic rings. The van der Waals surface area contributed by atoms with Crippen molar-refractivity contribution in [1.29, 1.82) is 0 Å². The van der Waals surface area contributed by atoms with Gasteiger partial charge in [-0.15, -0.1) is 0 Å². The summed E-state index contributed by atoms with van der Waals surface area (Å²) in [4.78, 5) is 12.1. The maximum atomic E-state index is 12.1. The highest BCUT2D eigenvalue weighted by atomic mass is 32.2. The molecule has 1 saturated heterocycles. The standard InChI is InChI=1S/C17H26N2O5S/c1-3-23-15-7-5-6-8-16(15)24-13-17(20)18-14-9-11-19(12-10-14)25(21,22)4-2/h5-8,14H,3-4,9-13H2,1-2H3,(H,18,20). The Balaban J connectivity index is 1.78. The van der Waals surface area contributed by atoms with Gasteiger partial charge in [-0.2, -0.15) is 0 Å². The minimum atomic E-state index is -3.15. The summed E-state index contributed by atoms with van der Waals surface area (Å²) in [5.74, 6) is 1.03. The number of ether oxygens (including phenoxy) is 2. The largest absolute Gasteiger partial charge is 0.490 e. The van der Waals surface area contributed by atoms with Gasteiger partial charge in [-0.1, -0.05) is 12.1 Å². The van der Waals surface area contributed by atoms with Crippen LogP contribution in [0.3, 0.4) is 0 Å². The third-order valence-corrected chi connectivity index (χ3v) is 5.97. The molecular weight excluding hydrogens is 344 g/mol. The van der Waals surface area contributed by atoms with Crippen molar-refractivity contribution in [2.45, 2.75) is 32.7 Å². The molecule has 140 valence electrons. The molecule has 0 bridgehead atoms. The highest BCUT2D eigenvalue weighted by molar-refractivity contribution is 7.89. The number of para-hydroxylation sites is 2. The van der Waals surface area contributed by atoms with Crippen LogP contribution in [0.4, 0.5) is 0 Å². The summed E-state index contributed by atoms with van der Waals surface area (Å²) in [6, 6.07) is 7.18. The van der Waals surface area contributed by atoms with Crippen molar-refractivity contribution in [2.75, 3.05) is 32.1 Å². The van der Waals surface area contributed by atoms with Gasteiger partial charge >= 0.3 is 0 Å². The molecule has 1 aliphatic heterocycles. The van der Waals surface area contributed by atoms with E-state index in [2.05, 4.69) is 5.32 Å². The minimum absolute atomic E-state index is 0.0264. The summed E-state index contributed by atoms with van der Waals surface area (Å²) >= 11 is 0. The van der Waals surface area contributed by atoms with E-state index in [1.54, 1.807) is 19.1 Å². The van der Waals surface area contributed by atoms with Gasteiger partial charge in [-0.3, -0.25) is 4.79 Å². The molecule has 1 aromatic carbocycles. The minimum Gasteiger partial charge on any atom is -0.490 e. The van der Waals surface area contributed by atoms with Crippen LogP contribution in [0.1, 0.15) is 26.7 Å². The fourth-order valence-corrected chi connectivity index (χ4v) is 3.85. The molecule has 0 unspecified atom stereocenters. The Hall–Kier alpha value is -1.80. The van der Waals surface area contributed by atoms with Crippen molar-refractivity contribution in [1.82, 2.24) is 9.62 Å². The van der Waals surface area contributed by atoms with E-state index in [1.165, 1.54) is 4.31 Å². The van der Waals surface area contributed by atoms with Crippen LogP contribution < -0.4 is 14.8 Å². The van der Waals surface area contributed by atoms with Crippen molar-refractivity contribution in [3.63, 3.8) is 0 Å². The van der Waals surface area contributed by atoms with Crippen LogP contribution in [0.2, 0.25) is 0 Å². The van der Waals surface area contributed by atoms with Gasteiger partial charge in [0.2, 0.25) is 10.0 Å². The van der Waals surface area contributed by atoms with Crippen LogP contribution >= 0.6 is 0 Å². The van der Waals surface area contributed by atoms with Gasteiger partial charge in [0.15, 0.2) is 18.1 Å². The monoisotopic (exact) mass is 370 g/mol. The van der Waals surface area contributed by atoms with Crippen LogP contribution in [0.5, 0.6) is 11.5 Å². The first kappa shape index (κ1) is 19.5. The molecule has 1 amide bonds. The molecule has 8 heteroatoms. The normalized spacial score (nSPS) is 16.4. The Kier molecular flexibility index (Phi) is 7.07. The predicted molar refractivity (Wildman–Crippen MR) is 95.3 cm³/mol. The molecule has 1 fully saturated rings. The van der Waals surface area contributed by atoms with Gasteiger partial charge in [0.05, 0.1) is 12.4 Å². The molecule has 0 aromatic heterocycles. The zero-order chi connectivity index (χ0) is 18.3.